The fourth-order valence-electron chi connectivity index (χ4n) is 4.47. The van der Waals surface area contributed by atoms with E-state index in [2.05, 4.69) is 13.0 Å². The van der Waals surface area contributed by atoms with Crippen LogP contribution < -0.4 is 10.5 Å². The van der Waals surface area contributed by atoms with Crippen LogP contribution in [0.1, 0.15) is 60.8 Å². The zero-order chi connectivity index (χ0) is 14.2. The molecule has 3 rings (SSSR count). The Hall–Kier alpha value is -1.02. The van der Waals surface area contributed by atoms with Crippen molar-refractivity contribution in [3.8, 4) is 5.75 Å². The van der Waals surface area contributed by atoms with Crippen LogP contribution in [0.25, 0.3) is 0 Å². The van der Waals surface area contributed by atoms with E-state index in [9.17, 15) is 0 Å². The van der Waals surface area contributed by atoms with E-state index < -0.39 is 0 Å². The fourth-order valence-corrected chi connectivity index (χ4v) is 4.47. The van der Waals surface area contributed by atoms with Gasteiger partial charge in [0.15, 0.2) is 0 Å². The highest BCUT2D eigenvalue weighted by Crippen LogP contribution is 2.48. The number of ether oxygens (including phenoxy) is 1. The van der Waals surface area contributed by atoms with Crippen molar-refractivity contribution in [3.63, 3.8) is 0 Å². The van der Waals surface area contributed by atoms with Crippen molar-refractivity contribution in [1.82, 2.24) is 0 Å². The Morgan fingerprint density at radius 2 is 1.75 bits per heavy atom. The van der Waals surface area contributed by atoms with E-state index in [4.69, 9.17) is 10.5 Å². The number of hydrogen-bond donors (Lipinski definition) is 1. The molecule has 2 N–H and O–H groups in total. The summed E-state index contributed by atoms with van der Waals surface area (Å²) in [6.45, 7) is 3.00. The van der Waals surface area contributed by atoms with Gasteiger partial charge in [-0.15, -0.1) is 0 Å². The quantitative estimate of drug-likeness (QED) is 0.912. The van der Waals surface area contributed by atoms with Gasteiger partial charge in [-0.25, -0.2) is 0 Å². The molecule has 2 heteroatoms. The molecule has 0 radical (unpaired) electrons. The first-order valence-electron chi connectivity index (χ1n) is 8.12. The first-order chi connectivity index (χ1) is 9.72. The first kappa shape index (κ1) is 13.9. The zero-order valence-electron chi connectivity index (χ0n) is 12.9. The van der Waals surface area contributed by atoms with Gasteiger partial charge in [-0.2, -0.15) is 0 Å². The summed E-state index contributed by atoms with van der Waals surface area (Å²) in [5.74, 6) is 1.09. The van der Waals surface area contributed by atoms with E-state index >= 15 is 0 Å². The molecule has 0 aliphatic heterocycles. The monoisotopic (exact) mass is 273 g/mol. The van der Waals surface area contributed by atoms with Crippen LogP contribution in [-0.2, 0) is 18.3 Å². The standard InChI is InChI=1S/C18H27NO/c1-13-11-16(20-2)17(15-8-4-3-7-14(13)15)18(12-19)9-5-6-10-18/h11H,3-10,12,19H2,1-2H3. The SMILES string of the molecule is COc1cc(C)c2c(c1C1(CN)CCCC1)CCCC2. The predicted octanol–water partition coefficient (Wildman–Crippen LogP) is 3.65. The van der Waals surface area contributed by atoms with Crippen LogP contribution in [0.15, 0.2) is 6.07 Å². The van der Waals surface area contributed by atoms with Gasteiger partial charge < -0.3 is 10.5 Å². The van der Waals surface area contributed by atoms with Gasteiger partial charge in [0.2, 0.25) is 0 Å². The van der Waals surface area contributed by atoms with Crippen LogP contribution in [0.4, 0.5) is 0 Å². The normalized spacial score (nSPS) is 20.8. The van der Waals surface area contributed by atoms with Crippen molar-refractivity contribution in [2.75, 3.05) is 13.7 Å². The molecule has 2 aliphatic carbocycles. The molecule has 20 heavy (non-hydrogen) atoms. The average Bonchev–Trinajstić information content (AvgIpc) is 2.97. The summed E-state index contributed by atoms with van der Waals surface area (Å²) in [6.07, 6.45) is 10.2. The third kappa shape index (κ3) is 2.05. The number of rotatable bonds is 3. The molecule has 1 saturated carbocycles. The molecule has 0 saturated heterocycles. The first-order valence-corrected chi connectivity index (χ1v) is 8.12. The number of benzene rings is 1. The van der Waals surface area contributed by atoms with E-state index in [0.29, 0.717) is 0 Å². The number of nitrogens with two attached hydrogens (primary N) is 1. The van der Waals surface area contributed by atoms with E-state index in [1.54, 1.807) is 11.1 Å². The maximum Gasteiger partial charge on any atom is 0.123 e. The topological polar surface area (TPSA) is 35.2 Å². The Morgan fingerprint density at radius 3 is 2.35 bits per heavy atom. The molecule has 0 atom stereocenters. The summed E-state index contributed by atoms with van der Waals surface area (Å²) in [5.41, 5.74) is 12.5. The summed E-state index contributed by atoms with van der Waals surface area (Å²) in [7, 11) is 1.81. The minimum atomic E-state index is 0.181. The highest BCUT2D eigenvalue weighted by Gasteiger charge is 2.39. The van der Waals surface area contributed by atoms with Gasteiger partial charge in [0.05, 0.1) is 7.11 Å². The summed E-state index contributed by atoms with van der Waals surface area (Å²) < 4.78 is 5.78. The lowest BCUT2D eigenvalue weighted by atomic mass is 9.72. The lowest BCUT2D eigenvalue weighted by molar-refractivity contribution is 0.373. The van der Waals surface area contributed by atoms with Crippen LogP contribution in [0.2, 0.25) is 0 Å². The maximum absolute atomic E-state index is 6.24. The Bertz CT molecular complexity index is 501. The highest BCUT2D eigenvalue weighted by atomic mass is 16.5. The summed E-state index contributed by atoms with van der Waals surface area (Å²) in [5, 5.41) is 0. The maximum atomic E-state index is 6.24. The van der Waals surface area contributed by atoms with E-state index in [0.717, 1.165) is 12.3 Å². The van der Waals surface area contributed by atoms with Crippen molar-refractivity contribution >= 4 is 0 Å². The fraction of sp³-hybridized carbons (Fsp3) is 0.667. The van der Waals surface area contributed by atoms with Crippen LogP contribution in [-0.4, -0.2) is 13.7 Å². The van der Waals surface area contributed by atoms with Crippen molar-refractivity contribution in [2.24, 2.45) is 5.73 Å². The van der Waals surface area contributed by atoms with E-state index in [-0.39, 0.29) is 5.41 Å². The Labute approximate surface area is 122 Å². The molecule has 0 bridgehead atoms. The zero-order valence-corrected chi connectivity index (χ0v) is 12.9. The van der Waals surface area contributed by atoms with Gasteiger partial charge in [0.1, 0.15) is 5.75 Å². The second-order valence-electron chi connectivity index (χ2n) is 6.63. The van der Waals surface area contributed by atoms with Gasteiger partial charge in [-0.05, 0) is 68.2 Å². The molecular weight excluding hydrogens is 246 g/mol. The van der Waals surface area contributed by atoms with E-state index in [1.807, 2.05) is 7.11 Å². The largest absolute Gasteiger partial charge is 0.496 e. The minimum absolute atomic E-state index is 0.181. The van der Waals surface area contributed by atoms with Gasteiger partial charge >= 0.3 is 0 Å². The smallest absolute Gasteiger partial charge is 0.123 e. The molecule has 0 aromatic heterocycles. The van der Waals surface area contributed by atoms with Crippen molar-refractivity contribution in [2.45, 2.75) is 63.7 Å². The van der Waals surface area contributed by atoms with Crippen LogP contribution in [0.5, 0.6) is 5.75 Å². The summed E-state index contributed by atoms with van der Waals surface area (Å²) >= 11 is 0. The van der Waals surface area contributed by atoms with E-state index in [1.165, 1.54) is 62.5 Å². The summed E-state index contributed by atoms with van der Waals surface area (Å²) in [4.78, 5) is 0. The lowest BCUT2D eigenvalue weighted by Crippen LogP contribution is -2.34. The Kier molecular flexibility index (Phi) is 3.76. The highest BCUT2D eigenvalue weighted by molar-refractivity contribution is 5.54. The molecule has 0 spiro atoms. The van der Waals surface area contributed by atoms with Gasteiger partial charge in [0, 0.05) is 17.5 Å². The molecule has 0 heterocycles. The van der Waals surface area contributed by atoms with Crippen molar-refractivity contribution in [3.05, 3.63) is 28.3 Å². The molecule has 1 fully saturated rings. The number of methoxy groups -OCH3 is 1. The van der Waals surface area contributed by atoms with Crippen LogP contribution in [0, 0.1) is 6.92 Å². The number of aryl methyl sites for hydroxylation is 1. The Morgan fingerprint density at radius 1 is 1.10 bits per heavy atom. The average molecular weight is 273 g/mol. The second kappa shape index (κ2) is 5.40. The van der Waals surface area contributed by atoms with Crippen LogP contribution in [0.3, 0.4) is 0 Å². The van der Waals surface area contributed by atoms with Crippen LogP contribution >= 0.6 is 0 Å². The molecule has 0 unspecified atom stereocenters. The number of hydrogen-bond acceptors (Lipinski definition) is 2. The molecule has 0 amide bonds. The van der Waals surface area contributed by atoms with Crippen molar-refractivity contribution in [1.29, 1.82) is 0 Å². The third-order valence-corrected chi connectivity index (χ3v) is 5.54. The molecule has 110 valence electrons. The third-order valence-electron chi connectivity index (χ3n) is 5.54. The van der Waals surface area contributed by atoms with Gasteiger partial charge in [-0.3, -0.25) is 0 Å². The van der Waals surface area contributed by atoms with Gasteiger partial charge in [-0.1, -0.05) is 12.8 Å². The second-order valence-corrected chi connectivity index (χ2v) is 6.63. The number of fused-ring (bicyclic) bond motifs is 1. The van der Waals surface area contributed by atoms with Gasteiger partial charge in [0.25, 0.3) is 0 Å². The molecule has 2 aliphatic rings. The van der Waals surface area contributed by atoms with Crippen molar-refractivity contribution < 1.29 is 4.74 Å². The predicted molar refractivity (Wildman–Crippen MR) is 83.6 cm³/mol. The lowest BCUT2D eigenvalue weighted by Gasteiger charge is -2.35. The molecule has 2 nitrogen and oxygen atoms in total. The molecular formula is C18H27NO. The Balaban J connectivity index is 2.22. The summed E-state index contributed by atoms with van der Waals surface area (Å²) in [6, 6.07) is 2.26. The minimum Gasteiger partial charge on any atom is -0.496 e. The molecule has 1 aromatic rings. The molecule has 1 aromatic carbocycles.